The molecule has 0 unspecified atom stereocenters. The number of nitrogens with one attached hydrogen (secondary N) is 2. The van der Waals surface area contributed by atoms with E-state index in [2.05, 4.69) is 15.6 Å². The lowest BCUT2D eigenvalue weighted by atomic mass is 10.1. The summed E-state index contributed by atoms with van der Waals surface area (Å²) in [4.78, 5) is 4.09. The van der Waals surface area contributed by atoms with Crippen molar-refractivity contribution in [3.63, 3.8) is 0 Å². The maximum absolute atomic E-state index is 13.2. The molecule has 5 nitrogen and oxygen atoms in total. The predicted octanol–water partition coefficient (Wildman–Crippen LogP) is 1.02. The summed E-state index contributed by atoms with van der Waals surface area (Å²) in [5, 5.41) is 15.3. The fraction of sp³-hybridized carbons (Fsp3) is 0.500. The number of nitrogens with zero attached hydrogens (tertiary/aromatic N) is 1. The predicted molar refractivity (Wildman–Crippen MR) is 77.0 cm³/mol. The first-order valence-electron chi connectivity index (χ1n) is 6.53. The van der Waals surface area contributed by atoms with Crippen molar-refractivity contribution in [1.29, 1.82) is 0 Å². The zero-order chi connectivity index (χ0) is 14.8. The number of hydrogen-bond donors (Lipinski definition) is 3. The molecule has 0 aliphatic rings. The van der Waals surface area contributed by atoms with Gasteiger partial charge in [-0.2, -0.15) is 0 Å². The van der Waals surface area contributed by atoms with Gasteiger partial charge in [-0.25, -0.2) is 4.39 Å². The number of halogens is 1. The monoisotopic (exact) mass is 283 g/mol. The van der Waals surface area contributed by atoms with Crippen LogP contribution in [0.5, 0.6) is 0 Å². The van der Waals surface area contributed by atoms with Gasteiger partial charge in [0.2, 0.25) is 0 Å². The van der Waals surface area contributed by atoms with E-state index in [9.17, 15) is 4.39 Å². The van der Waals surface area contributed by atoms with Gasteiger partial charge in [0.1, 0.15) is 5.82 Å². The molecule has 0 bridgehead atoms. The average molecular weight is 283 g/mol. The van der Waals surface area contributed by atoms with Crippen LogP contribution in [-0.4, -0.2) is 38.4 Å². The Kier molecular flexibility index (Phi) is 7.60. The van der Waals surface area contributed by atoms with Gasteiger partial charge in [0, 0.05) is 39.4 Å². The fourth-order valence-electron chi connectivity index (χ4n) is 1.69. The molecule has 0 heterocycles. The molecule has 1 aromatic rings. The number of hydrogen-bond acceptors (Lipinski definition) is 3. The standard InChI is InChI=1S/C14H22FN3O2/c1-16-14(17-6-3-7-20-2)18-9-11-4-5-13(15)12(8-11)10-19/h4-5,8,19H,3,6-7,9-10H2,1-2H3,(H2,16,17,18). The van der Waals surface area contributed by atoms with Crippen LogP contribution in [-0.2, 0) is 17.9 Å². The second-order valence-corrected chi connectivity index (χ2v) is 4.28. The Hall–Kier alpha value is -1.66. The molecule has 0 fully saturated rings. The number of aliphatic hydroxyl groups excluding tert-OH is 1. The van der Waals surface area contributed by atoms with Crippen LogP contribution in [0.15, 0.2) is 23.2 Å². The van der Waals surface area contributed by atoms with Gasteiger partial charge in [-0.15, -0.1) is 0 Å². The summed E-state index contributed by atoms with van der Waals surface area (Å²) >= 11 is 0. The van der Waals surface area contributed by atoms with Gasteiger partial charge < -0.3 is 20.5 Å². The molecule has 0 aliphatic heterocycles. The summed E-state index contributed by atoms with van der Waals surface area (Å²) in [6.07, 6.45) is 0.891. The molecule has 0 aromatic heterocycles. The first kappa shape index (κ1) is 16.4. The number of rotatable bonds is 7. The normalized spacial score (nSPS) is 11.5. The number of benzene rings is 1. The van der Waals surface area contributed by atoms with E-state index in [1.807, 2.05) is 0 Å². The average Bonchev–Trinajstić information content (AvgIpc) is 2.48. The van der Waals surface area contributed by atoms with E-state index in [-0.39, 0.29) is 6.61 Å². The molecule has 0 saturated carbocycles. The number of aliphatic imine (C=N–C) groups is 1. The highest BCUT2D eigenvalue weighted by Gasteiger charge is 2.03. The van der Waals surface area contributed by atoms with Crippen LogP contribution in [0.1, 0.15) is 17.5 Å². The molecule has 0 saturated heterocycles. The van der Waals surface area contributed by atoms with E-state index < -0.39 is 5.82 Å². The first-order valence-corrected chi connectivity index (χ1v) is 6.53. The molecular formula is C14H22FN3O2. The highest BCUT2D eigenvalue weighted by Crippen LogP contribution is 2.10. The maximum atomic E-state index is 13.2. The molecule has 0 atom stereocenters. The third kappa shape index (κ3) is 5.54. The highest BCUT2D eigenvalue weighted by molar-refractivity contribution is 5.79. The number of ether oxygens (including phenoxy) is 1. The molecule has 0 radical (unpaired) electrons. The van der Waals surface area contributed by atoms with E-state index in [0.29, 0.717) is 24.7 Å². The lowest BCUT2D eigenvalue weighted by molar-refractivity contribution is 0.195. The van der Waals surface area contributed by atoms with Crippen molar-refractivity contribution in [2.45, 2.75) is 19.6 Å². The van der Waals surface area contributed by atoms with Gasteiger partial charge in [-0.1, -0.05) is 6.07 Å². The molecule has 6 heteroatoms. The van der Waals surface area contributed by atoms with Gasteiger partial charge >= 0.3 is 0 Å². The summed E-state index contributed by atoms with van der Waals surface area (Å²) in [7, 11) is 3.36. The summed E-state index contributed by atoms with van der Waals surface area (Å²) < 4.78 is 18.2. The Labute approximate surface area is 118 Å². The molecule has 1 rings (SSSR count). The molecule has 20 heavy (non-hydrogen) atoms. The molecule has 0 aliphatic carbocycles. The zero-order valence-corrected chi connectivity index (χ0v) is 11.9. The lowest BCUT2D eigenvalue weighted by Gasteiger charge is -2.12. The van der Waals surface area contributed by atoms with Crippen LogP contribution in [0.4, 0.5) is 4.39 Å². The fourth-order valence-corrected chi connectivity index (χ4v) is 1.69. The second kappa shape index (κ2) is 9.28. The van der Waals surface area contributed by atoms with E-state index >= 15 is 0 Å². The lowest BCUT2D eigenvalue weighted by Crippen LogP contribution is -2.37. The zero-order valence-electron chi connectivity index (χ0n) is 11.9. The van der Waals surface area contributed by atoms with Crippen molar-refractivity contribution in [2.75, 3.05) is 27.3 Å². The summed E-state index contributed by atoms with van der Waals surface area (Å²) in [6, 6.07) is 4.68. The molecule has 3 N–H and O–H groups in total. The summed E-state index contributed by atoms with van der Waals surface area (Å²) in [5.41, 5.74) is 1.18. The van der Waals surface area contributed by atoms with Gasteiger partial charge in [-0.05, 0) is 24.1 Å². The smallest absolute Gasteiger partial charge is 0.191 e. The largest absolute Gasteiger partial charge is 0.392 e. The molecule has 0 amide bonds. The van der Waals surface area contributed by atoms with Crippen LogP contribution in [0.3, 0.4) is 0 Å². The number of methoxy groups -OCH3 is 1. The van der Waals surface area contributed by atoms with Crippen molar-refractivity contribution in [2.24, 2.45) is 4.99 Å². The minimum Gasteiger partial charge on any atom is -0.392 e. The third-order valence-electron chi connectivity index (χ3n) is 2.78. The maximum Gasteiger partial charge on any atom is 0.191 e. The van der Waals surface area contributed by atoms with E-state index in [1.54, 1.807) is 26.3 Å². The highest BCUT2D eigenvalue weighted by atomic mass is 19.1. The Morgan fingerprint density at radius 1 is 1.40 bits per heavy atom. The van der Waals surface area contributed by atoms with Crippen LogP contribution in [0.25, 0.3) is 0 Å². The van der Waals surface area contributed by atoms with Crippen LogP contribution >= 0.6 is 0 Å². The molecule has 1 aromatic carbocycles. The second-order valence-electron chi connectivity index (χ2n) is 4.28. The molecule has 0 spiro atoms. The quantitative estimate of drug-likeness (QED) is 0.397. The van der Waals surface area contributed by atoms with E-state index in [4.69, 9.17) is 9.84 Å². The third-order valence-corrected chi connectivity index (χ3v) is 2.78. The Balaban J connectivity index is 2.44. The van der Waals surface area contributed by atoms with Gasteiger partial charge in [-0.3, -0.25) is 4.99 Å². The van der Waals surface area contributed by atoms with Gasteiger partial charge in [0.25, 0.3) is 0 Å². The minimum atomic E-state index is -0.390. The van der Waals surface area contributed by atoms with Crippen molar-refractivity contribution >= 4 is 5.96 Å². The van der Waals surface area contributed by atoms with Crippen molar-refractivity contribution in [3.05, 3.63) is 35.1 Å². The summed E-state index contributed by atoms with van der Waals surface area (Å²) in [5.74, 6) is 0.286. The Bertz CT molecular complexity index is 438. The van der Waals surface area contributed by atoms with E-state index in [0.717, 1.165) is 18.5 Å². The van der Waals surface area contributed by atoms with Gasteiger partial charge in [0.05, 0.1) is 6.61 Å². The van der Waals surface area contributed by atoms with Crippen molar-refractivity contribution < 1.29 is 14.2 Å². The molecular weight excluding hydrogens is 261 g/mol. The van der Waals surface area contributed by atoms with Crippen molar-refractivity contribution in [3.8, 4) is 0 Å². The SMILES string of the molecule is CN=C(NCCCOC)NCc1ccc(F)c(CO)c1. The van der Waals surface area contributed by atoms with Crippen LogP contribution < -0.4 is 10.6 Å². The Morgan fingerprint density at radius 2 is 2.20 bits per heavy atom. The number of guanidine groups is 1. The van der Waals surface area contributed by atoms with E-state index in [1.165, 1.54) is 6.07 Å². The topological polar surface area (TPSA) is 65.9 Å². The van der Waals surface area contributed by atoms with Crippen LogP contribution in [0, 0.1) is 5.82 Å². The van der Waals surface area contributed by atoms with Crippen molar-refractivity contribution in [1.82, 2.24) is 10.6 Å². The first-order chi connectivity index (χ1) is 9.71. The Morgan fingerprint density at radius 3 is 2.85 bits per heavy atom. The molecule has 112 valence electrons. The van der Waals surface area contributed by atoms with Crippen LogP contribution in [0.2, 0.25) is 0 Å². The minimum absolute atomic E-state index is 0.298. The number of aliphatic hydroxyl groups is 1. The summed E-state index contributed by atoms with van der Waals surface area (Å²) in [6.45, 7) is 1.67. The van der Waals surface area contributed by atoms with Gasteiger partial charge in [0.15, 0.2) is 5.96 Å².